The van der Waals surface area contributed by atoms with Crippen LogP contribution in [0.5, 0.6) is 0 Å². The van der Waals surface area contributed by atoms with Crippen LogP contribution in [-0.4, -0.2) is 24.3 Å². The first-order valence-corrected chi connectivity index (χ1v) is 6.72. The fourth-order valence-corrected chi connectivity index (χ4v) is 2.80. The molecule has 1 unspecified atom stereocenters. The van der Waals surface area contributed by atoms with E-state index in [-0.39, 0.29) is 5.41 Å². The van der Waals surface area contributed by atoms with Gasteiger partial charge >= 0.3 is 0 Å². The van der Waals surface area contributed by atoms with Crippen molar-refractivity contribution in [3.63, 3.8) is 0 Å². The molecule has 1 fully saturated rings. The third kappa shape index (κ3) is 2.38. The van der Waals surface area contributed by atoms with E-state index in [9.17, 15) is 5.11 Å². The molecule has 1 aromatic rings. The predicted molar refractivity (Wildman–Crippen MR) is 69.0 cm³/mol. The van der Waals surface area contributed by atoms with Gasteiger partial charge in [0.2, 0.25) is 0 Å². The normalized spacial score (nSPS) is 25.4. The molecule has 0 aromatic heterocycles. The van der Waals surface area contributed by atoms with Gasteiger partial charge in [-0.25, -0.2) is 0 Å². The van der Waals surface area contributed by atoms with E-state index in [4.69, 9.17) is 0 Å². The number of aryl methyl sites for hydroxylation is 1. The molecule has 2 nitrogen and oxygen atoms in total. The topological polar surface area (TPSA) is 32.3 Å². The van der Waals surface area contributed by atoms with E-state index >= 15 is 0 Å². The lowest BCUT2D eigenvalue weighted by Crippen LogP contribution is -2.39. The molecule has 1 atom stereocenters. The smallest absolute Gasteiger partial charge is 0.0499 e. The molecule has 0 spiro atoms. The summed E-state index contributed by atoms with van der Waals surface area (Å²) < 4.78 is 0. The average molecular weight is 231 g/mol. The molecule has 0 radical (unpaired) electrons. The number of hydrogen-bond donors (Lipinski definition) is 2. The van der Waals surface area contributed by atoms with Gasteiger partial charge in [0.25, 0.3) is 0 Å². The van der Waals surface area contributed by atoms with E-state index in [1.165, 1.54) is 36.8 Å². The van der Waals surface area contributed by atoms with E-state index in [2.05, 4.69) is 29.6 Å². The van der Waals surface area contributed by atoms with Crippen LogP contribution in [0.15, 0.2) is 24.3 Å². The molecule has 2 heteroatoms. The standard InChI is InChI=1S/C15H21NO/c17-11-15(7-8-15)10-16-14-6-5-12-3-1-2-4-13(12)9-14/h1-4,14,16-17H,5-11H2. The Kier molecular flexibility index (Phi) is 2.93. The lowest BCUT2D eigenvalue weighted by Gasteiger charge is -2.27. The summed E-state index contributed by atoms with van der Waals surface area (Å²) in [5, 5.41) is 13.0. The van der Waals surface area contributed by atoms with Crippen LogP contribution in [0, 0.1) is 5.41 Å². The highest BCUT2D eigenvalue weighted by molar-refractivity contribution is 5.30. The Labute approximate surface area is 103 Å². The van der Waals surface area contributed by atoms with Gasteiger partial charge in [-0.15, -0.1) is 0 Å². The largest absolute Gasteiger partial charge is 0.396 e. The number of hydrogen-bond acceptors (Lipinski definition) is 2. The SMILES string of the molecule is OCC1(CNC2CCc3ccccc3C2)CC1. The zero-order valence-corrected chi connectivity index (χ0v) is 10.3. The van der Waals surface area contributed by atoms with E-state index in [1.807, 2.05) is 0 Å². The Morgan fingerprint density at radius 2 is 2.00 bits per heavy atom. The van der Waals surface area contributed by atoms with Crippen molar-refractivity contribution < 1.29 is 5.11 Å². The maximum absolute atomic E-state index is 9.30. The second-order valence-corrected chi connectivity index (χ2v) is 5.75. The molecule has 2 aliphatic carbocycles. The van der Waals surface area contributed by atoms with Crippen LogP contribution >= 0.6 is 0 Å². The molecule has 2 N–H and O–H groups in total. The molecule has 0 amide bonds. The molecular formula is C15H21NO. The molecule has 0 saturated heterocycles. The molecule has 1 aromatic carbocycles. The molecule has 0 aliphatic heterocycles. The quantitative estimate of drug-likeness (QED) is 0.829. The highest BCUT2D eigenvalue weighted by atomic mass is 16.3. The summed E-state index contributed by atoms with van der Waals surface area (Å²) in [6.07, 6.45) is 5.97. The van der Waals surface area contributed by atoms with Crippen molar-refractivity contribution in [2.45, 2.75) is 38.1 Å². The number of nitrogens with one attached hydrogen (secondary N) is 1. The maximum Gasteiger partial charge on any atom is 0.0499 e. The second-order valence-electron chi connectivity index (χ2n) is 5.75. The van der Waals surface area contributed by atoms with E-state index in [0.29, 0.717) is 12.6 Å². The lowest BCUT2D eigenvalue weighted by atomic mass is 9.88. The molecule has 92 valence electrons. The Balaban J connectivity index is 1.57. The van der Waals surface area contributed by atoms with Crippen molar-refractivity contribution in [2.24, 2.45) is 5.41 Å². The summed E-state index contributed by atoms with van der Waals surface area (Å²) >= 11 is 0. The summed E-state index contributed by atoms with van der Waals surface area (Å²) in [4.78, 5) is 0. The van der Waals surface area contributed by atoms with E-state index < -0.39 is 0 Å². The van der Waals surface area contributed by atoms with Crippen molar-refractivity contribution in [2.75, 3.05) is 13.2 Å². The van der Waals surface area contributed by atoms with Gasteiger partial charge in [-0.1, -0.05) is 24.3 Å². The highest BCUT2D eigenvalue weighted by Crippen LogP contribution is 2.44. The lowest BCUT2D eigenvalue weighted by molar-refractivity contribution is 0.202. The summed E-state index contributed by atoms with van der Waals surface area (Å²) in [5.74, 6) is 0. The number of fused-ring (bicyclic) bond motifs is 1. The van der Waals surface area contributed by atoms with E-state index in [1.54, 1.807) is 0 Å². The van der Waals surface area contributed by atoms with Crippen LogP contribution in [0.2, 0.25) is 0 Å². The molecule has 0 heterocycles. The summed E-state index contributed by atoms with van der Waals surface area (Å²) in [6, 6.07) is 9.38. The summed E-state index contributed by atoms with van der Waals surface area (Å²) in [5.41, 5.74) is 3.26. The fourth-order valence-electron chi connectivity index (χ4n) is 2.80. The minimum absolute atomic E-state index is 0.233. The zero-order valence-electron chi connectivity index (χ0n) is 10.3. The number of benzene rings is 1. The minimum atomic E-state index is 0.233. The van der Waals surface area contributed by atoms with Crippen LogP contribution in [0.3, 0.4) is 0 Å². The molecule has 0 bridgehead atoms. The van der Waals surface area contributed by atoms with Crippen molar-refractivity contribution in [1.82, 2.24) is 5.32 Å². The van der Waals surface area contributed by atoms with Crippen LogP contribution < -0.4 is 5.32 Å². The molecule has 3 rings (SSSR count). The summed E-state index contributed by atoms with van der Waals surface area (Å²) in [7, 11) is 0. The van der Waals surface area contributed by atoms with Crippen molar-refractivity contribution in [3.8, 4) is 0 Å². The fraction of sp³-hybridized carbons (Fsp3) is 0.600. The van der Waals surface area contributed by atoms with E-state index in [0.717, 1.165) is 13.0 Å². The number of aliphatic hydroxyl groups is 1. The summed E-state index contributed by atoms with van der Waals surface area (Å²) in [6.45, 7) is 1.35. The van der Waals surface area contributed by atoms with Gasteiger partial charge in [0.1, 0.15) is 0 Å². The predicted octanol–water partition coefficient (Wildman–Crippen LogP) is 1.91. The Morgan fingerprint density at radius 1 is 1.24 bits per heavy atom. The van der Waals surface area contributed by atoms with Gasteiger partial charge in [-0.05, 0) is 43.2 Å². The second kappa shape index (κ2) is 4.43. The van der Waals surface area contributed by atoms with Crippen LogP contribution in [0.1, 0.15) is 30.4 Å². The first-order chi connectivity index (χ1) is 8.31. The van der Waals surface area contributed by atoms with Gasteiger partial charge in [0.15, 0.2) is 0 Å². The van der Waals surface area contributed by atoms with Gasteiger partial charge in [0.05, 0.1) is 0 Å². The molecule has 17 heavy (non-hydrogen) atoms. The van der Waals surface area contributed by atoms with Gasteiger partial charge in [0, 0.05) is 24.6 Å². The zero-order chi connectivity index (χ0) is 11.7. The van der Waals surface area contributed by atoms with Crippen LogP contribution in [0.4, 0.5) is 0 Å². The van der Waals surface area contributed by atoms with Gasteiger partial charge < -0.3 is 10.4 Å². The van der Waals surface area contributed by atoms with Gasteiger partial charge in [-0.2, -0.15) is 0 Å². The Morgan fingerprint density at radius 3 is 2.71 bits per heavy atom. The third-order valence-electron chi connectivity index (χ3n) is 4.41. The van der Waals surface area contributed by atoms with Crippen LogP contribution in [-0.2, 0) is 12.8 Å². The maximum atomic E-state index is 9.30. The average Bonchev–Trinajstić information content (AvgIpc) is 3.17. The first kappa shape index (κ1) is 11.2. The van der Waals surface area contributed by atoms with Gasteiger partial charge in [-0.3, -0.25) is 0 Å². The third-order valence-corrected chi connectivity index (χ3v) is 4.41. The first-order valence-electron chi connectivity index (χ1n) is 6.72. The minimum Gasteiger partial charge on any atom is -0.396 e. The van der Waals surface area contributed by atoms with Crippen molar-refractivity contribution in [3.05, 3.63) is 35.4 Å². The Bertz CT molecular complexity index is 398. The number of aliphatic hydroxyl groups excluding tert-OH is 1. The molecular weight excluding hydrogens is 210 g/mol. The van der Waals surface area contributed by atoms with Crippen molar-refractivity contribution >= 4 is 0 Å². The van der Waals surface area contributed by atoms with Crippen molar-refractivity contribution in [1.29, 1.82) is 0 Å². The molecule has 1 saturated carbocycles. The monoisotopic (exact) mass is 231 g/mol. The highest BCUT2D eigenvalue weighted by Gasteiger charge is 2.41. The van der Waals surface area contributed by atoms with Crippen LogP contribution in [0.25, 0.3) is 0 Å². The number of rotatable bonds is 4. The molecule has 2 aliphatic rings. The Hall–Kier alpha value is -0.860.